The molecule has 0 atom stereocenters. The number of carbonyl (C=O) groups excluding carboxylic acids is 1. The van der Waals surface area contributed by atoms with Crippen LogP contribution in [0.1, 0.15) is 27.4 Å². The molecule has 8 heteroatoms. The summed E-state index contributed by atoms with van der Waals surface area (Å²) in [5, 5.41) is 21.3. The first kappa shape index (κ1) is 23.0. The van der Waals surface area contributed by atoms with Crippen LogP contribution in [0.5, 0.6) is 5.75 Å². The fourth-order valence-electron chi connectivity index (χ4n) is 3.39. The quantitative estimate of drug-likeness (QED) is 0.290. The highest BCUT2D eigenvalue weighted by atomic mass is 32.1. The Morgan fingerprint density at radius 2 is 1.94 bits per heavy atom. The number of amides is 1. The maximum absolute atomic E-state index is 12.8. The van der Waals surface area contributed by atoms with Crippen molar-refractivity contribution in [3.63, 3.8) is 0 Å². The smallest absolute Gasteiger partial charge is 0.268 e. The number of carbonyl (C=O) groups is 1. The molecule has 1 N–H and O–H groups in total. The van der Waals surface area contributed by atoms with Gasteiger partial charge in [-0.05, 0) is 67.8 Å². The van der Waals surface area contributed by atoms with E-state index in [0.717, 1.165) is 33.8 Å². The third kappa shape index (κ3) is 5.22. The molecule has 2 heterocycles. The maximum atomic E-state index is 12.8. The number of para-hydroxylation sites is 1. The molecule has 2 aromatic carbocycles. The van der Waals surface area contributed by atoms with Crippen molar-refractivity contribution in [3.8, 4) is 17.5 Å². The molecular formula is C26H23N5O2S. The number of aromatic nitrogens is 3. The maximum Gasteiger partial charge on any atom is 0.268 e. The van der Waals surface area contributed by atoms with Crippen molar-refractivity contribution in [3.05, 3.63) is 93.8 Å². The van der Waals surface area contributed by atoms with Gasteiger partial charge in [-0.1, -0.05) is 41.7 Å². The van der Waals surface area contributed by atoms with Gasteiger partial charge in [-0.15, -0.1) is 10.2 Å². The molecule has 4 aromatic rings. The summed E-state index contributed by atoms with van der Waals surface area (Å²) in [4.78, 5) is 12.8. The minimum atomic E-state index is -0.543. The lowest BCUT2D eigenvalue weighted by atomic mass is 10.1. The zero-order valence-electron chi connectivity index (χ0n) is 19.1. The Morgan fingerprint density at radius 1 is 1.12 bits per heavy atom. The van der Waals surface area contributed by atoms with Gasteiger partial charge in [-0.3, -0.25) is 10.1 Å². The molecular weight excluding hydrogens is 446 g/mol. The molecule has 0 saturated carbocycles. The van der Waals surface area contributed by atoms with Gasteiger partial charge in [0.25, 0.3) is 5.91 Å². The number of benzene rings is 2. The minimum absolute atomic E-state index is 0.0295. The molecule has 7 nitrogen and oxygen atoms in total. The number of anilines is 1. The van der Waals surface area contributed by atoms with E-state index >= 15 is 0 Å². The second-order valence-corrected chi connectivity index (χ2v) is 8.83. The minimum Gasteiger partial charge on any atom is -0.486 e. The first-order valence-corrected chi connectivity index (χ1v) is 11.4. The van der Waals surface area contributed by atoms with Crippen LogP contribution in [0, 0.1) is 32.1 Å². The number of hydrogen-bond acceptors (Lipinski definition) is 6. The Labute approximate surface area is 202 Å². The average Bonchev–Trinajstić information content (AvgIpc) is 3.47. The van der Waals surface area contributed by atoms with Crippen LogP contribution < -0.4 is 10.1 Å². The highest BCUT2D eigenvalue weighted by Gasteiger charge is 2.15. The number of nitrogens with zero attached hydrogens (tertiary/aromatic N) is 4. The average molecular weight is 470 g/mol. The molecule has 4 rings (SSSR count). The van der Waals surface area contributed by atoms with E-state index < -0.39 is 5.91 Å². The van der Waals surface area contributed by atoms with Gasteiger partial charge >= 0.3 is 0 Å². The second-order valence-electron chi connectivity index (χ2n) is 7.77. The summed E-state index contributed by atoms with van der Waals surface area (Å²) in [6.45, 7) is 6.25. The highest BCUT2D eigenvalue weighted by molar-refractivity contribution is 7.15. The van der Waals surface area contributed by atoms with Crippen molar-refractivity contribution < 1.29 is 9.53 Å². The molecule has 0 bridgehead atoms. The number of rotatable bonds is 7. The third-order valence-electron chi connectivity index (χ3n) is 5.19. The predicted molar refractivity (Wildman–Crippen MR) is 133 cm³/mol. The van der Waals surface area contributed by atoms with Crippen LogP contribution in [-0.4, -0.2) is 20.7 Å². The highest BCUT2D eigenvalue weighted by Crippen LogP contribution is 2.23. The van der Waals surface area contributed by atoms with Crippen LogP contribution in [0.2, 0.25) is 0 Å². The van der Waals surface area contributed by atoms with Gasteiger partial charge in [0, 0.05) is 17.6 Å². The molecule has 0 aliphatic carbocycles. The molecule has 34 heavy (non-hydrogen) atoms. The zero-order valence-corrected chi connectivity index (χ0v) is 19.9. The largest absolute Gasteiger partial charge is 0.486 e. The fourth-order valence-corrected chi connectivity index (χ4v) is 4.04. The van der Waals surface area contributed by atoms with E-state index in [1.54, 1.807) is 6.08 Å². The van der Waals surface area contributed by atoms with Crippen LogP contribution in [0.4, 0.5) is 5.13 Å². The van der Waals surface area contributed by atoms with Crippen molar-refractivity contribution in [2.45, 2.75) is 27.4 Å². The Morgan fingerprint density at radius 3 is 2.74 bits per heavy atom. The third-order valence-corrected chi connectivity index (χ3v) is 6.01. The van der Waals surface area contributed by atoms with E-state index in [-0.39, 0.29) is 12.2 Å². The van der Waals surface area contributed by atoms with Gasteiger partial charge in [0.1, 0.15) is 24.0 Å². The Bertz CT molecular complexity index is 1410. The molecule has 0 unspecified atom stereocenters. The number of hydrogen-bond donors (Lipinski definition) is 1. The number of nitrogens with one attached hydrogen (secondary N) is 1. The molecule has 2 aromatic heterocycles. The predicted octanol–water partition coefficient (Wildman–Crippen LogP) is 5.38. The van der Waals surface area contributed by atoms with Crippen LogP contribution in [0.25, 0.3) is 11.8 Å². The molecule has 0 spiro atoms. The van der Waals surface area contributed by atoms with Crippen molar-refractivity contribution in [1.29, 1.82) is 5.26 Å². The Hall–Kier alpha value is -4.22. The standard InChI is InChI=1S/C26H23N5O2S/c1-17-10-11-18(2)22(13-17)31-12-6-8-21(31)14-20(15-27)25(32)28-26-30-29-24(34-26)16-33-23-9-5-4-7-19(23)3/h4-14H,16H2,1-3H3,(H,28,30,32)/b20-14-. The molecule has 170 valence electrons. The Kier molecular flexibility index (Phi) is 6.85. The van der Waals surface area contributed by atoms with E-state index in [2.05, 4.69) is 21.6 Å². The van der Waals surface area contributed by atoms with Gasteiger partial charge in [-0.25, -0.2) is 0 Å². The van der Waals surface area contributed by atoms with E-state index in [4.69, 9.17) is 4.74 Å². The van der Waals surface area contributed by atoms with Gasteiger partial charge in [0.2, 0.25) is 5.13 Å². The number of aryl methyl sites for hydroxylation is 3. The molecule has 0 fully saturated rings. The normalized spacial score (nSPS) is 11.2. The molecule has 0 aliphatic heterocycles. The van der Waals surface area contributed by atoms with Crippen LogP contribution in [0.15, 0.2) is 66.4 Å². The van der Waals surface area contributed by atoms with E-state index in [9.17, 15) is 10.1 Å². The summed E-state index contributed by atoms with van der Waals surface area (Å²) in [6.07, 6.45) is 3.48. The van der Waals surface area contributed by atoms with E-state index in [1.165, 1.54) is 11.3 Å². The first-order chi connectivity index (χ1) is 16.4. The van der Waals surface area contributed by atoms with Crippen molar-refractivity contribution >= 4 is 28.5 Å². The number of nitriles is 1. The van der Waals surface area contributed by atoms with E-state index in [1.807, 2.05) is 86.1 Å². The summed E-state index contributed by atoms with van der Waals surface area (Å²) in [7, 11) is 0. The lowest BCUT2D eigenvalue weighted by Gasteiger charge is -2.11. The van der Waals surface area contributed by atoms with Crippen LogP contribution in [0.3, 0.4) is 0 Å². The summed E-state index contributed by atoms with van der Waals surface area (Å²) >= 11 is 1.20. The van der Waals surface area contributed by atoms with Gasteiger partial charge in [0.05, 0.1) is 0 Å². The molecule has 0 aliphatic rings. The Balaban J connectivity index is 1.48. The summed E-state index contributed by atoms with van der Waals surface area (Å²) < 4.78 is 7.74. The van der Waals surface area contributed by atoms with Crippen LogP contribution in [-0.2, 0) is 11.4 Å². The fraction of sp³-hybridized carbons (Fsp3) is 0.154. The monoisotopic (exact) mass is 469 g/mol. The zero-order chi connectivity index (χ0) is 24.1. The van der Waals surface area contributed by atoms with E-state index in [0.29, 0.717) is 10.1 Å². The molecule has 1 amide bonds. The summed E-state index contributed by atoms with van der Waals surface area (Å²) in [6, 6.07) is 19.6. The summed E-state index contributed by atoms with van der Waals surface area (Å²) in [5.74, 6) is 0.226. The van der Waals surface area contributed by atoms with Crippen molar-refractivity contribution in [1.82, 2.24) is 14.8 Å². The second kappa shape index (κ2) is 10.1. The van der Waals surface area contributed by atoms with Gasteiger partial charge in [-0.2, -0.15) is 5.26 Å². The number of ether oxygens (including phenoxy) is 1. The molecule has 0 saturated heterocycles. The lowest BCUT2D eigenvalue weighted by molar-refractivity contribution is -0.112. The van der Waals surface area contributed by atoms with Crippen molar-refractivity contribution in [2.24, 2.45) is 0 Å². The van der Waals surface area contributed by atoms with Crippen LogP contribution >= 0.6 is 11.3 Å². The summed E-state index contributed by atoms with van der Waals surface area (Å²) in [5.41, 5.74) is 4.93. The first-order valence-electron chi connectivity index (χ1n) is 10.6. The lowest BCUT2D eigenvalue weighted by Crippen LogP contribution is -2.13. The van der Waals surface area contributed by atoms with Crippen molar-refractivity contribution in [2.75, 3.05) is 5.32 Å². The SMILES string of the molecule is Cc1ccc(C)c(-n2cccc2/C=C(/C#N)C(=O)Nc2nnc(COc3ccccc3C)s2)c1. The molecule has 0 radical (unpaired) electrons. The van der Waals surface area contributed by atoms with Gasteiger partial charge in [0.15, 0.2) is 5.01 Å². The van der Waals surface area contributed by atoms with Gasteiger partial charge < -0.3 is 9.30 Å². The topological polar surface area (TPSA) is 92.8 Å².